The number of aryl methyl sites for hydroxylation is 1. The molecule has 0 aliphatic rings. The van der Waals surface area contributed by atoms with Crippen molar-refractivity contribution in [2.75, 3.05) is 5.32 Å². The van der Waals surface area contributed by atoms with Crippen molar-refractivity contribution in [3.05, 3.63) is 29.3 Å². The number of nitrogens with one attached hydrogen (secondary N) is 1. The van der Waals surface area contributed by atoms with Gasteiger partial charge < -0.3 is 16.8 Å². The summed E-state index contributed by atoms with van der Waals surface area (Å²) in [7, 11) is 0. The van der Waals surface area contributed by atoms with Gasteiger partial charge >= 0.3 is 6.18 Å². The van der Waals surface area contributed by atoms with E-state index in [0.717, 1.165) is 12.1 Å². The lowest BCUT2D eigenvalue weighted by Gasteiger charge is -2.14. The molecule has 0 bridgehead atoms. The first-order valence-corrected chi connectivity index (χ1v) is 5.64. The Morgan fingerprint density at radius 2 is 1.95 bits per heavy atom. The van der Waals surface area contributed by atoms with Crippen LogP contribution in [0, 0.1) is 6.92 Å². The van der Waals surface area contributed by atoms with Gasteiger partial charge in [0.25, 0.3) is 0 Å². The van der Waals surface area contributed by atoms with Crippen molar-refractivity contribution in [3.63, 3.8) is 0 Å². The van der Waals surface area contributed by atoms with Crippen LogP contribution in [0.15, 0.2) is 18.2 Å². The zero-order valence-electron chi connectivity index (χ0n) is 10.6. The van der Waals surface area contributed by atoms with Crippen LogP contribution in [0.4, 0.5) is 18.9 Å². The van der Waals surface area contributed by atoms with E-state index in [0.29, 0.717) is 5.56 Å². The van der Waals surface area contributed by atoms with E-state index in [4.69, 9.17) is 11.5 Å². The van der Waals surface area contributed by atoms with Gasteiger partial charge in [0, 0.05) is 5.69 Å². The molecular weight excluding hydrogens is 275 g/mol. The Hall–Kier alpha value is -2.09. The van der Waals surface area contributed by atoms with E-state index in [1.54, 1.807) is 0 Å². The minimum Gasteiger partial charge on any atom is -0.370 e. The van der Waals surface area contributed by atoms with Gasteiger partial charge in [0.05, 0.1) is 18.0 Å². The molecule has 0 saturated heterocycles. The maximum atomic E-state index is 12.6. The summed E-state index contributed by atoms with van der Waals surface area (Å²) >= 11 is 0. The summed E-state index contributed by atoms with van der Waals surface area (Å²) in [5.41, 5.74) is 9.84. The van der Waals surface area contributed by atoms with Crippen molar-refractivity contribution >= 4 is 17.5 Å². The molecule has 0 radical (unpaired) electrons. The van der Waals surface area contributed by atoms with Crippen molar-refractivity contribution in [3.8, 4) is 0 Å². The van der Waals surface area contributed by atoms with Crippen LogP contribution >= 0.6 is 0 Å². The van der Waals surface area contributed by atoms with Gasteiger partial charge in [-0.25, -0.2) is 0 Å². The molecule has 0 saturated carbocycles. The number of halogens is 3. The van der Waals surface area contributed by atoms with E-state index in [-0.39, 0.29) is 12.1 Å². The molecule has 5 nitrogen and oxygen atoms in total. The first-order chi connectivity index (χ1) is 9.11. The number of hydrogen-bond donors (Lipinski definition) is 3. The van der Waals surface area contributed by atoms with Crippen molar-refractivity contribution in [1.82, 2.24) is 0 Å². The number of hydrogen-bond acceptors (Lipinski definition) is 3. The maximum absolute atomic E-state index is 12.6. The predicted molar refractivity (Wildman–Crippen MR) is 66.6 cm³/mol. The third kappa shape index (κ3) is 4.23. The van der Waals surface area contributed by atoms with E-state index in [1.165, 1.54) is 13.0 Å². The predicted octanol–water partition coefficient (Wildman–Crippen LogP) is 1.16. The van der Waals surface area contributed by atoms with Gasteiger partial charge in [-0.3, -0.25) is 9.59 Å². The van der Waals surface area contributed by atoms with Crippen LogP contribution in [-0.2, 0) is 15.8 Å². The number of alkyl halides is 3. The topological polar surface area (TPSA) is 98.2 Å². The van der Waals surface area contributed by atoms with E-state index in [9.17, 15) is 22.8 Å². The lowest BCUT2D eigenvalue weighted by molar-refractivity contribution is -0.137. The third-order valence-corrected chi connectivity index (χ3v) is 2.58. The summed E-state index contributed by atoms with van der Waals surface area (Å²) in [5.74, 6) is -1.54. The highest BCUT2D eigenvalue weighted by atomic mass is 19.4. The molecule has 0 spiro atoms. The fourth-order valence-electron chi connectivity index (χ4n) is 1.47. The average molecular weight is 289 g/mol. The zero-order chi connectivity index (χ0) is 15.5. The standard InChI is InChI=1S/C12H14F3N3O2/c1-6-2-3-7(12(13,14)15)4-9(6)18-11(20)8(16)5-10(17)19/h2-4,8H,5,16H2,1H3,(H2,17,19)(H,18,20). The van der Waals surface area contributed by atoms with Gasteiger partial charge in [0.15, 0.2) is 0 Å². The molecule has 1 unspecified atom stereocenters. The molecule has 1 rings (SSSR count). The number of anilines is 1. The number of amides is 2. The monoisotopic (exact) mass is 289 g/mol. The summed E-state index contributed by atoms with van der Waals surface area (Å²) in [6, 6.07) is 1.75. The van der Waals surface area contributed by atoms with Gasteiger partial charge in [-0.1, -0.05) is 6.07 Å². The molecule has 2 amide bonds. The molecule has 0 heterocycles. The number of rotatable bonds is 4. The Kier molecular flexibility index (Phi) is 4.72. The van der Waals surface area contributed by atoms with Crippen LogP contribution in [0.25, 0.3) is 0 Å². The maximum Gasteiger partial charge on any atom is 0.416 e. The normalized spacial score (nSPS) is 12.8. The van der Waals surface area contributed by atoms with E-state index >= 15 is 0 Å². The molecule has 1 aromatic rings. The van der Waals surface area contributed by atoms with Crippen molar-refractivity contribution < 1.29 is 22.8 Å². The second-order valence-corrected chi connectivity index (χ2v) is 4.29. The van der Waals surface area contributed by atoms with Crippen LogP contribution in [0.5, 0.6) is 0 Å². The SMILES string of the molecule is Cc1ccc(C(F)(F)F)cc1NC(=O)C(N)CC(N)=O. The Bertz CT molecular complexity index is 529. The molecule has 110 valence electrons. The molecule has 20 heavy (non-hydrogen) atoms. The molecule has 1 aromatic carbocycles. The van der Waals surface area contributed by atoms with Crippen LogP contribution in [0.3, 0.4) is 0 Å². The second kappa shape index (κ2) is 5.91. The van der Waals surface area contributed by atoms with Gasteiger partial charge in [-0.05, 0) is 24.6 Å². The highest BCUT2D eigenvalue weighted by Gasteiger charge is 2.31. The summed E-state index contributed by atoms with van der Waals surface area (Å²) in [6.45, 7) is 1.54. The van der Waals surface area contributed by atoms with Crippen LogP contribution in [-0.4, -0.2) is 17.9 Å². The van der Waals surface area contributed by atoms with Crippen LogP contribution in [0.2, 0.25) is 0 Å². The summed E-state index contributed by atoms with van der Waals surface area (Å²) < 4.78 is 37.7. The van der Waals surface area contributed by atoms with Crippen molar-refractivity contribution in [1.29, 1.82) is 0 Å². The quantitative estimate of drug-likeness (QED) is 0.775. The Morgan fingerprint density at radius 1 is 1.35 bits per heavy atom. The summed E-state index contributed by atoms with van der Waals surface area (Å²) in [4.78, 5) is 22.3. The van der Waals surface area contributed by atoms with E-state index in [2.05, 4.69) is 5.32 Å². The molecule has 0 fully saturated rings. The highest BCUT2D eigenvalue weighted by Crippen LogP contribution is 2.32. The van der Waals surface area contributed by atoms with Crippen LogP contribution in [0.1, 0.15) is 17.5 Å². The molecule has 0 aromatic heterocycles. The first-order valence-electron chi connectivity index (χ1n) is 5.64. The van der Waals surface area contributed by atoms with Gasteiger partial charge in [0.2, 0.25) is 11.8 Å². The number of primary amides is 1. The summed E-state index contributed by atoms with van der Waals surface area (Å²) in [6.07, 6.45) is -4.90. The summed E-state index contributed by atoms with van der Waals surface area (Å²) in [5, 5.41) is 2.26. The van der Waals surface area contributed by atoms with Crippen LogP contribution < -0.4 is 16.8 Å². The van der Waals surface area contributed by atoms with E-state index < -0.39 is 29.6 Å². The molecule has 0 aliphatic heterocycles. The molecule has 1 atom stereocenters. The van der Waals surface area contributed by atoms with Gasteiger partial charge in [-0.2, -0.15) is 13.2 Å². The van der Waals surface area contributed by atoms with Crippen molar-refractivity contribution in [2.24, 2.45) is 11.5 Å². The fraction of sp³-hybridized carbons (Fsp3) is 0.333. The number of benzene rings is 1. The smallest absolute Gasteiger partial charge is 0.370 e. The van der Waals surface area contributed by atoms with Gasteiger partial charge in [0.1, 0.15) is 0 Å². The first kappa shape index (κ1) is 16.0. The molecule has 8 heteroatoms. The minimum atomic E-state index is -4.51. The molecule has 0 aliphatic carbocycles. The number of carbonyl (C=O) groups is 2. The van der Waals surface area contributed by atoms with Crippen molar-refractivity contribution in [2.45, 2.75) is 25.6 Å². The fourth-order valence-corrected chi connectivity index (χ4v) is 1.47. The Morgan fingerprint density at radius 3 is 2.45 bits per heavy atom. The average Bonchev–Trinajstić information content (AvgIpc) is 2.29. The van der Waals surface area contributed by atoms with Gasteiger partial charge in [-0.15, -0.1) is 0 Å². The highest BCUT2D eigenvalue weighted by molar-refractivity contribution is 5.97. The Labute approximate surface area is 113 Å². The van der Waals surface area contributed by atoms with E-state index in [1.807, 2.05) is 0 Å². The lowest BCUT2D eigenvalue weighted by Crippen LogP contribution is -2.39. The number of nitrogens with two attached hydrogens (primary N) is 2. The number of carbonyl (C=O) groups excluding carboxylic acids is 2. The molecular formula is C12H14F3N3O2. The second-order valence-electron chi connectivity index (χ2n) is 4.29. The largest absolute Gasteiger partial charge is 0.416 e. The lowest BCUT2D eigenvalue weighted by atomic mass is 10.1. The Balaban J connectivity index is 2.92. The molecule has 5 N–H and O–H groups in total. The third-order valence-electron chi connectivity index (χ3n) is 2.58. The zero-order valence-corrected chi connectivity index (χ0v) is 10.6. The minimum absolute atomic E-state index is 0.00949.